The van der Waals surface area contributed by atoms with Gasteiger partial charge < -0.3 is 14.2 Å². The quantitative estimate of drug-likeness (QED) is 0.797. The van der Waals surface area contributed by atoms with Crippen molar-refractivity contribution in [3.8, 4) is 5.75 Å². The Morgan fingerprint density at radius 3 is 2.46 bits per heavy atom. The van der Waals surface area contributed by atoms with E-state index in [1.54, 1.807) is 25.3 Å². The number of hydrogen-bond acceptors (Lipinski definition) is 5. The first kappa shape index (κ1) is 16.3. The maximum absolute atomic E-state index is 12.1. The lowest BCUT2D eigenvalue weighted by Crippen LogP contribution is -2.25. The molecule has 0 saturated heterocycles. The zero-order chi connectivity index (χ0) is 17.1. The summed E-state index contributed by atoms with van der Waals surface area (Å²) in [6, 6.07) is 13.7. The van der Waals surface area contributed by atoms with E-state index in [1.165, 1.54) is 7.11 Å². The van der Waals surface area contributed by atoms with Gasteiger partial charge in [0, 0.05) is 16.1 Å². The summed E-state index contributed by atoms with van der Waals surface area (Å²) in [5, 5.41) is 0.516. The topological polar surface area (TPSA) is 57.1 Å². The van der Waals surface area contributed by atoms with E-state index in [4.69, 9.17) is 25.8 Å². The zero-order valence-electron chi connectivity index (χ0n) is 13.2. The highest BCUT2D eigenvalue weighted by Gasteiger charge is 2.39. The standard InChI is InChI=1S/C18H16ClNO4/c1-22-12-9-7-11(8-10-12)17-20-15(18(21)23-2)16(24-17)13-5-3-4-6-14(13)19/h3-10,15-16H,1-2H3/t15-,16-/m0/s1. The molecule has 0 bridgehead atoms. The van der Waals surface area contributed by atoms with Gasteiger partial charge in [-0.15, -0.1) is 0 Å². The molecule has 3 rings (SSSR count). The molecule has 5 nitrogen and oxygen atoms in total. The highest BCUT2D eigenvalue weighted by atomic mass is 35.5. The first-order valence-corrected chi connectivity index (χ1v) is 7.73. The van der Waals surface area contributed by atoms with Crippen LogP contribution in [0.1, 0.15) is 17.2 Å². The van der Waals surface area contributed by atoms with Gasteiger partial charge in [-0.05, 0) is 30.3 Å². The van der Waals surface area contributed by atoms with E-state index < -0.39 is 18.1 Å². The molecule has 0 unspecified atom stereocenters. The minimum atomic E-state index is -0.799. The van der Waals surface area contributed by atoms with E-state index in [2.05, 4.69) is 4.99 Å². The van der Waals surface area contributed by atoms with Crippen molar-refractivity contribution in [1.82, 2.24) is 0 Å². The molecule has 0 saturated carbocycles. The first-order chi connectivity index (χ1) is 11.6. The van der Waals surface area contributed by atoms with Gasteiger partial charge in [-0.25, -0.2) is 9.79 Å². The third kappa shape index (κ3) is 3.08. The second-order valence-electron chi connectivity index (χ2n) is 5.19. The van der Waals surface area contributed by atoms with Crippen molar-refractivity contribution in [2.75, 3.05) is 14.2 Å². The maximum Gasteiger partial charge on any atom is 0.335 e. The Balaban J connectivity index is 1.95. The summed E-state index contributed by atoms with van der Waals surface area (Å²) in [6.45, 7) is 0. The number of carbonyl (C=O) groups excluding carboxylic acids is 1. The summed E-state index contributed by atoms with van der Waals surface area (Å²) < 4.78 is 15.9. The van der Waals surface area contributed by atoms with E-state index in [9.17, 15) is 4.79 Å². The van der Waals surface area contributed by atoms with Crippen molar-refractivity contribution in [2.45, 2.75) is 12.1 Å². The molecule has 0 spiro atoms. The van der Waals surface area contributed by atoms with Crippen LogP contribution >= 0.6 is 11.6 Å². The minimum absolute atomic E-state index is 0.373. The summed E-state index contributed by atoms with van der Waals surface area (Å²) in [6.07, 6.45) is -0.622. The molecular weight excluding hydrogens is 330 g/mol. The molecule has 0 radical (unpaired) electrons. The van der Waals surface area contributed by atoms with Gasteiger partial charge in [-0.2, -0.15) is 0 Å². The van der Waals surface area contributed by atoms with E-state index in [0.29, 0.717) is 16.5 Å². The average Bonchev–Trinajstić information content (AvgIpc) is 3.06. The van der Waals surface area contributed by atoms with Crippen molar-refractivity contribution < 1.29 is 19.0 Å². The number of halogens is 1. The fraction of sp³-hybridized carbons (Fsp3) is 0.222. The summed E-state index contributed by atoms with van der Waals surface area (Å²) in [7, 11) is 2.92. The molecule has 1 aliphatic rings. The second kappa shape index (κ2) is 6.93. The monoisotopic (exact) mass is 345 g/mol. The van der Waals surface area contributed by atoms with Gasteiger partial charge in [-0.3, -0.25) is 0 Å². The van der Waals surface area contributed by atoms with Crippen molar-refractivity contribution >= 4 is 23.5 Å². The fourth-order valence-corrected chi connectivity index (χ4v) is 2.77. The fourth-order valence-electron chi connectivity index (χ4n) is 2.52. The SMILES string of the molecule is COC(=O)[C@H]1N=C(c2ccc(OC)cc2)O[C@H]1c1ccccc1Cl. The number of rotatable bonds is 4. The Hall–Kier alpha value is -2.53. The molecule has 0 N–H and O–H groups in total. The lowest BCUT2D eigenvalue weighted by molar-refractivity contribution is -0.143. The molecule has 0 fully saturated rings. The maximum atomic E-state index is 12.1. The molecule has 6 heteroatoms. The molecule has 2 atom stereocenters. The van der Waals surface area contributed by atoms with E-state index in [0.717, 1.165) is 11.3 Å². The lowest BCUT2D eigenvalue weighted by atomic mass is 10.0. The Morgan fingerprint density at radius 2 is 1.83 bits per heavy atom. The molecule has 2 aromatic carbocycles. The van der Waals surface area contributed by atoms with E-state index in [-0.39, 0.29) is 0 Å². The van der Waals surface area contributed by atoms with Gasteiger partial charge in [0.15, 0.2) is 12.1 Å². The van der Waals surface area contributed by atoms with Crippen LogP contribution in [0.2, 0.25) is 5.02 Å². The van der Waals surface area contributed by atoms with Gasteiger partial charge in [0.25, 0.3) is 0 Å². The van der Waals surface area contributed by atoms with Gasteiger partial charge in [-0.1, -0.05) is 29.8 Å². The number of methoxy groups -OCH3 is 2. The predicted octanol–water partition coefficient (Wildman–Crippen LogP) is 3.41. The van der Waals surface area contributed by atoms with Crippen molar-refractivity contribution in [1.29, 1.82) is 0 Å². The molecule has 2 aromatic rings. The third-order valence-electron chi connectivity index (χ3n) is 3.77. The summed E-state index contributed by atoms with van der Waals surface area (Å²) in [4.78, 5) is 16.5. The number of carbonyl (C=O) groups is 1. The Morgan fingerprint density at radius 1 is 1.12 bits per heavy atom. The van der Waals surface area contributed by atoms with Crippen molar-refractivity contribution in [3.63, 3.8) is 0 Å². The Kier molecular flexibility index (Phi) is 4.71. The molecule has 0 aromatic heterocycles. The van der Waals surface area contributed by atoms with Crippen molar-refractivity contribution in [3.05, 3.63) is 64.7 Å². The van der Waals surface area contributed by atoms with E-state index >= 15 is 0 Å². The van der Waals surface area contributed by atoms with Crippen LogP contribution in [0.3, 0.4) is 0 Å². The molecule has 124 valence electrons. The highest BCUT2D eigenvalue weighted by Crippen LogP contribution is 2.35. The lowest BCUT2D eigenvalue weighted by Gasteiger charge is -2.17. The normalized spacial score (nSPS) is 19.4. The van der Waals surface area contributed by atoms with Crippen LogP contribution in [-0.4, -0.2) is 32.1 Å². The average molecular weight is 346 g/mol. The molecule has 24 heavy (non-hydrogen) atoms. The molecular formula is C18H16ClNO4. The molecule has 1 heterocycles. The van der Waals surface area contributed by atoms with Crippen LogP contribution < -0.4 is 4.74 Å². The van der Waals surface area contributed by atoms with Crippen LogP contribution in [0.15, 0.2) is 53.5 Å². The Bertz CT molecular complexity index is 773. The molecule has 0 amide bonds. The van der Waals surface area contributed by atoms with Gasteiger partial charge >= 0.3 is 5.97 Å². The zero-order valence-corrected chi connectivity index (χ0v) is 14.0. The van der Waals surface area contributed by atoms with Gasteiger partial charge in [0.1, 0.15) is 5.75 Å². The molecule has 1 aliphatic heterocycles. The number of benzene rings is 2. The summed E-state index contributed by atoms with van der Waals surface area (Å²) in [5.41, 5.74) is 1.45. The third-order valence-corrected chi connectivity index (χ3v) is 4.12. The van der Waals surface area contributed by atoms with Crippen LogP contribution in [0.4, 0.5) is 0 Å². The smallest absolute Gasteiger partial charge is 0.335 e. The van der Waals surface area contributed by atoms with Crippen LogP contribution in [0, 0.1) is 0 Å². The highest BCUT2D eigenvalue weighted by molar-refractivity contribution is 6.31. The first-order valence-electron chi connectivity index (χ1n) is 7.35. The predicted molar refractivity (Wildman–Crippen MR) is 90.6 cm³/mol. The van der Waals surface area contributed by atoms with Crippen molar-refractivity contribution in [2.24, 2.45) is 4.99 Å². The van der Waals surface area contributed by atoms with Crippen LogP contribution in [-0.2, 0) is 14.3 Å². The number of nitrogens with zero attached hydrogens (tertiary/aromatic N) is 1. The summed E-state index contributed by atoms with van der Waals surface area (Å²) in [5.74, 6) is 0.630. The summed E-state index contributed by atoms with van der Waals surface area (Å²) >= 11 is 6.25. The van der Waals surface area contributed by atoms with Gasteiger partial charge in [0.05, 0.1) is 14.2 Å². The largest absolute Gasteiger partial charge is 0.497 e. The van der Waals surface area contributed by atoms with E-state index in [1.807, 2.05) is 30.3 Å². The number of hydrogen-bond donors (Lipinski definition) is 0. The van der Waals surface area contributed by atoms with Crippen LogP contribution in [0.25, 0.3) is 0 Å². The minimum Gasteiger partial charge on any atom is -0.497 e. The number of esters is 1. The molecule has 0 aliphatic carbocycles. The Labute approximate surface area is 144 Å². The number of ether oxygens (including phenoxy) is 3. The van der Waals surface area contributed by atoms with Gasteiger partial charge in [0.2, 0.25) is 5.90 Å². The second-order valence-corrected chi connectivity index (χ2v) is 5.60. The van der Waals surface area contributed by atoms with Crippen LogP contribution in [0.5, 0.6) is 5.75 Å². The number of aliphatic imine (C=N–C) groups is 1.